The van der Waals surface area contributed by atoms with Crippen molar-refractivity contribution in [3.05, 3.63) is 32.6 Å². The van der Waals surface area contributed by atoms with Crippen molar-refractivity contribution >= 4 is 19.4 Å². The predicted molar refractivity (Wildman–Crippen MR) is 69.9 cm³/mol. The van der Waals surface area contributed by atoms with E-state index in [0.717, 1.165) is 0 Å². The molecule has 0 saturated heterocycles. The zero-order chi connectivity index (χ0) is 15.8. The number of nitrogens with zero attached hydrogens (tertiary/aromatic N) is 2. The van der Waals surface area contributed by atoms with Crippen molar-refractivity contribution in [3.63, 3.8) is 0 Å². The summed E-state index contributed by atoms with van der Waals surface area (Å²) in [5.41, 5.74) is 4.87. The molecular weight excluding hydrogens is 390 g/mol. The van der Waals surface area contributed by atoms with Crippen LogP contribution in [0, 0.1) is 9.81 Å². The molecule has 0 atom stereocenters. The van der Waals surface area contributed by atoms with Crippen LogP contribution in [0.25, 0.3) is 0 Å². The van der Waals surface area contributed by atoms with Crippen LogP contribution in [0.1, 0.15) is 27.7 Å². The average molecular weight is 406 g/mol. The number of rotatable bonds is 4. The molecule has 19 heavy (non-hydrogen) atoms. The normalized spacial score (nSPS) is 11.6. The molecule has 0 unspecified atom stereocenters. The second kappa shape index (κ2) is 17.4. The third-order valence-corrected chi connectivity index (χ3v) is 1.69. The molecule has 0 aliphatic heterocycles. The van der Waals surface area contributed by atoms with Gasteiger partial charge in [0.15, 0.2) is 0 Å². The first-order valence-corrected chi connectivity index (χ1v) is 8.73. The molecule has 0 heterocycles. The van der Waals surface area contributed by atoms with Crippen molar-refractivity contribution in [1.29, 1.82) is 0 Å². The molecule has 0 spiro atoms. The number of hydrogen-bond acceptors (Lipinski definition) is 8. The zero-order valence-electron chi connectivity index (χ0n) is 10.7. The van der Waals surface area contributed by atoms with Crippen LogP contribution >= 0.6 is 19.4 Å². The summed E-state index contributed by atoms with van der Waals surface area (Å²) in [6.45, 7) is 6.12. The number of hydrogen-bond donors (Lipinski definition) is 4. The first kappa shape index (κ1) is 23.5. The molecule has 0 aromatic heterocycles. The Bertz CT molecular complexity index is 296. The Kier molecular flexibility index (Phi) is 21.5. The summed E-state index contributed by atoms with van der Waals surface area (Å²) in [6.07, 6.45) is 0. The molecule has 0 saturated carbocycles. The van der Waals surface area contributed by atoms with Crippen molar-refractivity contribution in [2.24, 2.45) is 10.4 Å². The van der Waals surface area contributed by atoms with Gasteiger partial charge in [0.2, 0.25) is 0 Å². The molecule has 0 rings (SSSR count). The van der Waals surface area contributed by atoms with Gasteiger partial charge < -0.3 is 0 Å². The molecule has 0 fully saturated rings. The monoisotopic (exact) mass is 405 g/mol. The number of nitrogens with one attached hydrogen (secondary N) is 2. The van der Waals surface area contributed by atoms with Crippen molar-refractivity contribution in [3.8, 4) is 0 Å². The van der Waals surface area contributed by atoms with Gasteiger partial charge in [0, 0.05) is 0 Å². The molecule has 11 heteroatoms. The predicted octanol–water partition coefficient (Wildman–Crippen LogP) is 3.34. The first-order chi connectivity index (χ1) is 8.85. The molecule has 8 nitrogen and oxygen atoms in total. The third-order valence-electron chi connectivity index (χ3n) is 1.69. The quantitative estimate of drug-likeness (QED) is 0.323. The van der Waals surface area contributed by atoms with Crippen LogP contribution in [0.4, 0.5) is 0 Å². The van der Waals surface area contributed by atoms with E-state index in [1.54, 1.807) is 24.8 Å². The second-order valence-corrected chi connectivity index (χ2v) is 5.36. The Morgan fingerprint density at radius 3 is 1.16 bits per heavy atom. The fraction of sp³-hybridized carbons (Fsp3) is 0.500. The van der Waals surface area contributed by atoms with Gasteiger partial charge >= 0.3 is 34.5 Å². The summed E-state index contributed by atoms with van der Waals surface area (Å²) >= 11 is -0.226. The first-order valence-electron chi connectivity index (χ1n) is 4.51. The van der Waals surface area contributed by atoms with E-state index < -0.39 is 0 Å². The Morgan fingerprint density at radius 1 is 0.895 bits per heavy atom. The molecule has 0 radical (unpaired) electrons. The van der Waals surface area contributed by atoms with Crippen LogP contribution in [0.2, 0.25) is 0 Å². The minimum atomic E-state index is -0.226. The Morgan fingerprint density at radius 2 is 1.11 bits per heavy atom. The van der Waals surface area contributed by atoms with Crippen molar-refractivity contribution < 1.29 is 25.6 Å². The summed E-state index contributed by atoms with van der Waals surface area (Å²) in [5, 5.41) is 21.4. The van der Waals surface area contributed by atoms with Crippen LogP contribution in [0.5, 0.6) is 0 Å². The van der Waals surface area contributed by atoms with Crippen LogP contribution < -0.4 is 11.0 Å². The molecule has 0 amide bonds. The third kappa shape index (κ3) is 17.4. The average Bonchev–Trinajstić information content (AvgIpc) is 2.45. The second-order valence-electron chi connectivity index (χ2n) is 2.87. The van der Waals surface area contributed by atoms with Crippen LogP contribution in [0.3, 0.4) is 0 Å². The zero-order valence-corrected chi connectivity index (χ0v) is 13.8. The Labute approximate surface area is 126 Å². The molecule has 0 aromatic carbocycles. The van der Waals surface area contributed by atoms with E-state index in [0.29, 0.717) is 11.4 Å². The van der Waals surface area contributed by atoms with Crippen LogP contribution in [0.15, 0.2) is 33.1 Å². The molecule has 4 N–H and O–H groups in total. The Hall–Kier alpha value is -0.597. The van der Waals surface area contributed by atoms with E-state index in [1.165, 1.54) is 13.8 Å². The van der Waals surface area contributed by atoms with Gasteiger partial charge in [-0.25, -0.2) is 0 Å². The van der Waals surface area contributed by atoms with Crippen molar-refractivity contribution in [2.45, 2.75) is 27.7 Å². The maximum absolute atomic E-state index is 9.65. The minimum absolute atomic E-state index is 0.226. The van der Waals surface area contributed by atoms with Gasteiger partial charge in [-0.05, 0) is 38.0 Å². The SMILES string of the molecule is CC(N=O)=C(C)NO.CC(N=O)=C(C)NO.[Cl][Rh-][Cl]. The van der Waals surface area contributed by atoms with E-state index in [9.17, 15) is 9.81 Å². The molecular formula is C8H16Cl2N4O4Rh-. The van der Waals surface area contributed by atoms with Crippen molar-refractivity contribution in [1.82, 2.24) is 11.0 Å². The summed E-state index contributed by atoms with van der Waals surface area (Å²) in [7, 11) is 9.67. The van der Waals surface area contributed by atoms with E-state index >= 15 is 0 Å². The number of halogens is 2. The Balaban J connectivity index is -0.000000224. The molecule has 0 aliphatic carbocycles. The van der Waals surface area contributed by atoms with Crippen LogP contribution in [-0.2, 0) is 15.1 Å². The van der Waals surface area contributed by atoms with Gasteiger partial charge in [0.25, 0.3) is 0 Å². The number of hydroxylamine groups is 2. The van der Waals surface area contributed by atoms with E-state index in [4.69, 9.17) is 29.8 Å². The van der Waals surface area contributed by atoms with E-state index in [-0.39, 0.29) is 26.5 Å². The molecule has 116 valence electrons. The standard InChI is InChI=1S/2C4H8N2O2.2ClH.Rh/c2*1-3(5-7)4(2)6-8;;;/h2*5,7H,1-2H3;2*1H;/q;;;;+1/p-2. The molecule has 0 aliphatic rings. The van der Waals surface area contributed by atoms with E-state index in [1.807, 2.05) is 0 Å². The fourth-order valence-corrected chi connectivity index (χ4v) is 0.299. The number of allylic oxidation sites excluding steroid dienone is 4. The molecule has 0 bridgehead atoms. The number of nitroso groups, excluding NO2 is 2. The summed E-state index contributed by atoms with van der Waals surface area (Å²) in [6, 6.07) is 0. The van der Waals surface area contributed by atoms with Crippen molar-refractivity contribution in [2.75, 3.05) is 0 Å². The van der Waals surface area contributed by atoms with Gasteiger partial charge in [-0.15, -0.1) is 9.81 Å². The van der Waals surface area contributed by atoms with Gasteiger partial charge in [-0.2, -0.15) is 0 Å². The summed E-state index contributed by atoms with van der Waals surface area (Å²) in [5.74, 6) is 0. The fourth-order valence-electron chi connectivity index (χ4n) is 0.299. The van der Waals surface area contributed by atoms with Crippen LogP contribution in [-0.4, -0.2) is 10.4 Å². The van der Waals surface area contributed by atoms with E-state index in [2.05, 4.69) is 10.4 Å². The van der Waals surface area contributed by atoms with Gasteiger partial charge in [-0.3, -0.25) is 21.4 Å². The van der Waals surface area contributed by atoms with Gasteiger partial charge in [0.1, 0.15) is 11.4 Å². The molecule has 0 aromatic rings. The summed E-state index contributed by atoms with van der Waals surface area (Å²) < 4.78 is 0. The van der Waals surface area contributed by atoms with Gasteiger partial charge in [0.05, 0.1) is 11.4 Å². The topological polar surface area (TPSA) is 123 Å². The van der Waals surface area contributed by atoms with Gasteiger partial charge in [-0.1, -0.05) is 0 Å². The summed E-state index contributed by atoms with van der Waals surface area (Å²) in [4.78, 5) is 19.3. The maximum atomic E-state index is 9.65.